The van der Waals surface area contributed by atoms with Crippen molar-refractivity contribution in [2.45, 2.75) is 52.7 Å². The van der Waals surface area contributed by atoms with Crippen LogP contribution in [0.3, 0.4) is 0 Å². The van der Waals surface area contributed by atoms with Gasteiger partial charge in [0.05, 0.1) is 12.6 Å². The van der Waals surface area contributed by atoms with E-state index in [-0.39, 0.29) is 11.7 Å². The molecule has 0 saturated heterocycles. The molecule has 0 aromatic carbocycles. The fourth-order valence-corrected chi connectivity index (χ4v) is 1.50. The Balaban J connectivity index is 4.42. The molecule has 18 heavy (non-hydrogen) atoms. The molecule has 0 aliphatic rings. The van der Waals surface area contributed by atoms with Crippen LogP contribution in [0.25, 0.3) is 0 Å². The molecule has 1 unspecified atom stereocenters. The summed E-state index contributed by atoms with van der Waals surface area (Å²) < 4.78 is 10.1. The first-order chi connectivity index (χ1) is 8.21. The number of Topliss-reactive ketones (excluding diaryl/α,β-unsaturated/α-hetero) is 1. The van der Waals surface area contributed by atoms with Gasteiger partial charge in [-0.15, -0.1) is 0 Å². The highest BCUT2D eigenvalue weighted by Gasteiger charge is 2.26. The van der Waals surface area contributed by atoms with Gasteiger partial charge in [0.25, 0.3) is 0 Å². The van der Waals surface area contributed by atoms with Gasteiger partial charge >= 0.3 is 6.09 Å². The van der Waals surface area contributed by atoms with Crippen LogP contribution in [0.5, 0.6) is 0 Å². The summed E-state index contributed by atoms with van der Waals surface area (Å²) in [4.78, 5) is 23.6. The maximum Gasteiger partial charge on any atom is 0.408 e. The minimum Gasteiger partial charge on any atom is -0.444 e. The summed E-state index contributed by atoms with van der Waals surface area (Å²) in [5, 5.41) is 2.60. The third-order valence-corrected chi connectivity index (χ3v) is 2.35. The molecule has 1 amide bonds. The van der Waals surface area contributed by atoms with Crippen LogP contribution in [0.15, 0.2) is 0 Å². The minimum absolute atomic E-state index is 0.0368. The number of alkyl carbamates (subject to hydrolysis) is 1. The van der Waals surface area contributed by atoms with Gasteiger partial charge in [0.2, 0.25) is 0 Å². The van der Waals surface area contributed by atoms with E-state index in [2.05, 4.69) is 5.32 Å². The second kappa shape index (κ2) is 7.36. The summed E-state index contributed by atoms with van der Waals surface area (Å²) in [5.41, 5.74) is -0.566. The number of hydrogen-bond donors (Lipinski definition) is 1. The number of hydrogen-bond acceptors (Lipinski definition) is 4. The van der Waals surface area contributed by atoms with E-state index in [1.807, 2.05) is 6.92 Å². The monoisotopic (exact) mass is 259 g/mol. The topological polar surface area (TPSA) is 64.6 Å². The smallest absolute Gasteiger partial charge is 0.408 e. The lowest BCUT2D eigenvalue weighted by molar-refractivity contribution is -0.126. The third kappa shape index (κ3) is 6.59. The van der Waals surface area contributed by atoms with Crippen molar-refractivity contribution in [2.75, 3.05) is 13.7 Å². The summed E-state index contributed by atoms with van der Waals surface area (Å²) >= 11 is 0. The zero-order valence-corrected chi connectivity index (χ0v) is 12.2. The van der Waals surface area contributed by atoms with Crippen molar-refractivity contribution >= 4 is 11.9 Å². The van der Waals surface area contributed by atoms with Crippen LogP contribution < -0.4 is 5.32 Å². The summed E-state index contributed by atoms with van der Waals surface area (Å²) in [7, 11) is 1.55. The Bertz CT molecular complexity index is 283. The molecule has 0 saturated carbocycles. The highest BCUT2D eigenvalue weighted by molar-refractivity contribution is 5.89. The lowest BCUT2D eigenvalue weighted by Crippen LogP contribution is -2.45. The summed E-state index contributed by atoms with van der Waals surface area (Å²) in [5.74, 6) is -0.278. The van der Waals surface area contributed by atoms with Crippen molar-refractivity contribution in [1.29, 1.82) is 0 Å². The molecule has 5 nitrogen and oxygen atoms in total. The normalized spacial score (nSPS) is 14.8. The predicted molar refractivity (Wildman–Crippen MR) is 69.5 cm³/mol. The molecule has 0 radical (unpaired) electrons. The van der Waals surface area contributed by atoms with E-state index in [4.69, 9.17) is 9.47 Å². The number of ketones is 1. The van der Waals surface area contributed by atoms with Crippen molar-refractivity contribution in [3.8, 4) is 0 Å². The van der Waals surface area contributed by atoms with E-state index >= 15 is 0 Å². The minimum atomic E-state index is -0.566. The van der Waals surface area contributed by atoms with Crippen molar-refractivity contribution in [3.05, 3.63) is 0 Å². The maximum absolute atomic E-state index is 12.0. The second-order valence-electron chi connectivity index (χ2n) is 5.37. The zero-order chi connectivity index (χ0) is 14.3. The van der Waals surface area contributed by atoms with Crippen LogP contribution in [0.1, 0.15) is 41.0 Å². The molecule has 0 fully saturated rings. The maximum atomic E-state index is 12.0. The summed E-state index contributed by atoms with van der Waals surface area (Å²) in [6.07, 6.45) is -0.0288. The van der Waals surface area contributed by atoms with Crippen molar-refractivity contribution in [1.82, 2.24) is 5.32 Å². The first-order valence-corrected chi connectivity index (χ1v) is 6.23. The number of methoxy groups -OCH3 is 1. The standard InChI is InChI=1S/C13H25NO4/c1-7-10(11(15)9(2)8-17-6)14-12(16)18-13(3,4)5/h9-10H,7-8H2,1-6H3,(H,14,16)/t9?,10-/m0/s1. The number of rotatable bonds is 6. The average Bonchev–Trinajstić information content (AvgIpc) is 2.22. The van der Waals surface area contributed by atoms with Crippen molar-refractivity contribution < 1.29 is 19.1 Å². The summed E-state index contributed by atoms with van der Waals surface area (Å²) in [6, 6.07) is -0.523. The molecule has 0 spiro atoms. The van der Waals surface area contributed by atoms with Gasteiger partial charge in [-0.1, -0.05) is 13.8 Å². The van der Waals surface area contributed by atoms with Gasteiger partial charge in [0, 0.05) is 13.0 Å². The first-order valence-electron chi connectivity index (χ1n) is 6.23. The number of nitrogens with one attached hydrogen (secondary N) is 1. The Morgan fingerprint density at radius 3 is 2.22 bits per heavy atom. The van der Waals surface area contributed by atoms with Crippen LogP contribution in [-0.2, 0) is 14.3 Å². The average molecular weight is 259 g/mol. The zero-order valence-electron chi connectivity index (χ0n) is 12.2. The first kappa shape index (κ1) is 16.9. The molecular weight excluding hydrogens is 234 g/mol. The molecule has 0 rings (SSSR count). The lowest BCUT2D eigenvalue weighted by Gasteiger charge is -2.23. The predicted octanol–water partition coefficient (Wildman–Crippen LogP) is 2.14. The largest absolute Gasteiger partial charge is 0.444 e. The highest BCUT2D eigenvalue weighted by atomic mass is 16.6. The molecular formula is C13H25NO4. The van der Waals surface area contributed by atoms with Crippen LogP contribution in [-0.4, -0.2) is 37.2 Å². The molecule has 2 atom stereocenters. The van der Waals surface area contributed by atoms with Gasteiger partial charge in [-0.2, -0.15) is 0 Å². The Hall–Kier alpha value is -1.10. The quantitative estimate of drug-likeness (QED) is 0.793. The third-order valence-electron chi connectivity index (χ3n) is 2.35. The molecule has 0 aliphatic carbocycles. The van der Waals surface area contributed by atoms with E-state index in [1.165, 1.54) is 0 Å². The number of carbonyl (C=O) groups is 2. The molecule has 0 aliphatic heterocycles. The number of carbonyl (C=O) groups excluding carboxylic acids is 2. The van der Waals surface area contributed by atoms with E-state index < -0.39 is 17.7 Å². The van der Waals surface area contributed by atoms with E-state index in [9.17, 15) is 9.59 Å². The molecule has 0 aromatic rings. The molecule has 106 valence electrons. The second-order valence-corrected chi connectivity index (χ2v) is 5.37. The van der Waals surface area contributed by atoms with Crippen molar-refractivity contribution in [2.24, 2.45) is 5.92 Å². The van der Waals surface area contributed by atoms with E-state index in [1.54, 1.807) is 34.8 Å². The van der Waals surface area contributed by atoms with Crippen LogP contribution in [0, 0.1) is 5.92 Å². The van der Waals surface area contributed by atoms with Crippen LogP contribution in [0.2, 0.25) is 0 Å². The van der Waals surface area contributed by atoms with Gasteiger partial charge < -0.3 is 14.8 Å². The lowest BCUT2D eigenvalue weighted by atomic mass is 9.99. The molecule has 0 bridgehead atoms. The fourth-order valence-electron chi connectivity index (χ4n) is 1.50. The molecule has 1 N–H and O–H groups in total. The fraction of sp³-hybridized carbons (Fsp3) is 0.846. The van der Waals surface area contributed by atoms with Crippen LogP contribution in [0.4, 0.5) is 4.79 Å². The van der Waals surface area contributed by atoms with Gasteiger partial charge in [-0.05, 0) is 27.2 Å². The van der Waals surface area contributed by atoms with Gasteiger partial charge in [-0.25, -0.2) is 4.79 Å². The van der Waals surface area contributed by atoms with Gasteiger partial charge in [0.15, 0.2) is 5.78 Å². The molecule has 5 heteroatoms. The Morgan fingerprint density at radius 2 is 1.83 bits per heavy atom. The Labute approximate surface area is 109 Å². The van der Waals surface area contributed by atoms with Gasteiger partial charge in [0.1, 0.15) is 5.60 Å². The SMILES string of the molecule is CC[C@H](NC(=O)OC(C)(C)C)C(=O)C(C)COC. The van der Waals surface area contributed by atoms with Crippen LogP contribution >= 0.6 is 0 Å². The van der Waals surface area contributed by atoms with E-state index in [0.29, 0.717) is 13.0 Å². The Kier molecular flexibility index (Phi) is 6.91. The van der Waals surface area contributed by atoms with E-state index in [0.717, 1.165) is 0 Å². The van der Waals surface area contributed by atoms with Gasteiger partial charge in [-0.3, -0.25) is 4.79 Å². The number of amides is 1. The summed E-state index contributed by atoms with van der Waals surface area (Å²) in [6.45, 7) is 9.32. The number of ether oxygens (including phenoxy) is 2. The molecule has 0 heterocycles. The molecule has 0 aromatic heterocycles. The Morgan fingerprint density at radius 1 is 1.28 bits per heavy atom. The van der Waals surface area contributed by atoms with Crippen molar-refractivity contribution in [3.63, 3.8) is 0 Å². The highest BCUT2D eigenvalue weighted by Crippen LogP contribution is 2.09.